The molecule has 0 saturated carbocycles. The van der Waals surface area contributed by atoms with Crippen molar-refractivity contribution in [2.24, 2.45) is 5.73 Å². The van der Waals surface area contributed by atoms with Gasteiger partial charge in [0.1, 0.15) is 12.7 Å². The summed E-state index contributed by atoms with van der Waals surface area (Å²) in [5.74, 6) is 1.21. The zero-order valence-electron chi connectivity index (χ0n) is 12.3. The standard InChI is InChI=1S/C17H21NO3/c1-12(18)14-8-9-16(17(10-14)20-2)21-11-15(19)13-6-4-3-5-7-13/h3-10,12,15,19H,11,18H2,1-2H3/t12-,15?/m0/s1. The molecule has 0 amide bonds. The van der Waals surface area contributed by atoms with Crippen molar-refractivity contribution in [2.75, 3.05) is 13.7 Å². The van der Waals surface area contributed by atoms with E-state index in [9.17, 15) is 5.11 Å². The Balaban J connectivity index is 2.06. The van der Waals surface area contributed by atoms with Gasteiger partial charge < -0.3 is 20.3 Å². The van der Waals surface area contributed by atoms with Crippen molar-refractivity contribution in [1.82, 2.24) is 0 Å². The summed E-state index contributed by atoms with van der Waals surface area (Å²) in [6.45, 7) is 2.08. The molecule has 0 bridgehead atoms. The molecule has 0 aromatic heterocycles. The maximum absolute atomic E-state index is 10.1. The number of rotatable bonds is 6. The maximum Gasteiger partial charge on any atom is 0.161 e. The van der Waals surface area contributed by atoms with Crippen LogP contribution < -0.4 is 15.2 Å². The first-order valence-electron chi connectivity index (χ1n) is 6.91. The monoisotopic (exact) mass is 287 g/mol. The molecule has 0 radical (unpaired) electrons. The maximum atomic E-state index is 10.1. The number of aliphatic hydroxyl groups excluding tert-OH is 1. The van der Waals surface area contributed by atoms with Crippen molar-refractivity contribution < 1.29 is 14.6 Å². The van der Waals surface area contributed by atoms with Gasteiger partial charge in [0.05, 0.1) is 7.11 Å². The Morgan fingerprint density at radius 2 is 1.76 bits per heavy atom. The summed E-state index contributed by atoms with van der Waals surface area (Å²) >= 11 is 0. The number of hydrogen-bond donors (Lipinski definition) is 2. The highest BCUT2D eigenvalue weighted by Gasteiger charge is 2.12. The molecule has 1 unspecified atom stereocenters. The third kappa shape index (κ3) is 3.97. The largest absolute Gasteiger partial charge is 0.493 e. The molecule has 4 heteroatoms. The summed E-state index contributed by atoms with van der Waals surface area (Å²) < 4.78 is 11.0. The van der Waals surface area contributed by atoms with Gasteiger partial charge in [-0.15, -0.1) is 0 Å². The van der Waals surface area contributed by atoms with Crippen LogP contribution in [0, 0.1) is 0 Å². The van der Waals surface area contributed by atoms with E-state index in [0.29, 0.717) is 11.5 Å². The van der Waals surface area contributed by atoms with E-state index < -0.39 is 6.10 Å². The average Bonchev–Trinajstić information content (AvgIpc) is 2.53. The number of nitrogens with two attached hydrogens (primary N) is 1. The molecular formula is C17H21NO3. The van der Waals surface area contributed by atoms with Gasteiger partial charge >= 0.3 is 0 Å². The summed E-state index contributed by atoms with van der Waals surface area (Å²) in [6, 6.07) is 14.9. The van der Waals surface area contributed by atoms with Gasteiger partial charge in [0, 0.05) is 6.04 Å². The van der Waals surface area contributed by atoms with Crippen LogP contribution in [0.5, 0.6) is 11.5 Å². The summed E-state index contributed by atoms with van der Waals surface area (Å²) in [4.78, 5) is 0. The zero-order chi connectivity index (χ0) is 15.2. The van der Waals surface area contributed by atoms with Crippen LogP contribution in [0.25, 0.3) is 0 Å². The van der Waals surface area contributed by atoms with E-state index in [1.54, 1.807) is 7.11 Å². The summed E-state index contributed by atoms with van der Waals surface area (Å²) in [6.07, 6.45) is -0.677. The molecule has 0 saturated heterocycles. The van der Waals surface area contributed by atoms with Crippen LogP contribution in [0.2, 0.25) is 0 Å². The Morgan fingerprint density at radius 1 is 1.05 bits per heavy atom. The molecule has 3 N–H and O–H groups in total. The SMILES string of the molecule is COc1cc([C@H](C)N)ccc1OCC(O)c1ccccc1. The Labute approximate surface area is 125 Å². The molecule has 0 aliphatic rings. The zero-order valence-corrected chi connectivity index (χ0v) is 12.3. The van der Waals surface area contributed by atoms with Crippen molar-refractivity contribution >= 4 is 0 Å². The average molecular weight is 287 g/mol. The summed E-state index contributed by atoms with van der Waals surface area (Å²) in [5, 5.41) is 10.1. The smallest absolute Gasteiger partial charge is 0.161 e. The first kappa shape index (κ1) is 15.4. The number of methoxy groups -OCH3 is 1. The minimum Gasteiger partial charge on any atom is -0.493 e. The molecule has 0 fully saturated rings. The Kier molecular flexibility index (Phi) is 5.20. The molecule has 4 nitrogen and oxygen atoms in total. The highest BCUT2D eigenvalue weighted by atomic mass is 16.5. The second-order valence-electron chi connectivity index (χ2n) is 4.94. The highest BCUT2D eigenvalue weighted by Crippen LogP contribution is 2.30. The van der Waals surface area contributed by atoms with E-state index in [1.807, 2.05) is 55.5 Å². The minimum absolute atomic E-state index is 0.0668. The highest BCUT2D eigenvalue weighted by molar-refractivity contribution is 5.43. The Morgan fingerprint density at radius 3 is 2.38 bits per heavy atom. The molecular weight excluding hydrogens is 266 g/mol. The predicted octanol–water partition coefficient (Wildman–Crippen LogP) is 2.83. The van der Waals surface area contributed by atoms with Gasteiger partial charge in [0.2, 0.25) is 0 Å². The van der Waals surface area contributed by atoms with Gasteiger partial charge in [-0.25, -0.2) is 0 Å². The minimum atomic E-state index is -0.677. The van der Waals surface area contributed by atoms with Crippen LogP contribution in [0.4, 0.5) is 0 Å². The predicted molar refractivity (Wildman–Crippen MR) is 82.5 cm³/mol. The van der Waals surface area contributed by atoms with Gasteiger partial charge in [-0.3, -0.25) is 0 Å². The third-order valence-electron chi connectivity index (χ3n) is 3.29. The fraction of sp³-hybridized carbons (Fsp3) is 0.294. The molecule has 0 heterocycles. The van der Waals surface area contributed by atoms with Crippen molar-refractivity contribution in [3.05, 3.63) is 59.7 Å². The van der Waals surface area contributed by atoms with Crippen LogP contribution in [-0.2, 0) is 0 Å². The molecule has 2 aromatic carbocycles. The number of hydrogen-bond acceptors (Lipinski definition) is 4. The Bertz CT molecular complexity index is 570. The molecule has 2 rings (SSSR count). The summed E-state index contributed by atoms with van der Waals surface area (Å²) in [5.41, 5.74) is 7.65. The second kappa shape index (κ2) is 7.11. The molecule has 0 aliphatic carbocycles. The van der Waals surface area contributed by atoms with Crippen molar-refractivity contribution in [1.29, 1.82) is 0 Å². The van der Waals surface area contributed by atoms with Gasteiger partial charge in [0.15, 0.2) is 11.5 Å². The lowest BCUT2D eigenvalue weighted by molar-refractivity contribution is 0.106. The van der Waals surface area contributed by atoms with Crippen molar-refractivity contribution in [2.45, 2.75) is 19.1 Å². The van der Waals surface area contributed by atoms with Crippen molar-refractivity contribution in [3.8, 4) is 11.5 Å². The van der Waals surface area contributed by atoms with Crippen LogP contribution in [0.3, 0.4) is 0 Å². The van der Waals surface area contributed by atoms with E-state index in [0.717, 1.165) is 11.1 Å². The first-order chi connectivity index (χ1) is 10.1. The first-order valence-corrected chi connectivity index (χ1v) is 6.91. The van der Waals surface area contributed by atoms with E-state index in [4.69, 9.17) is 15.2 Å². The quantitative estimate of drug-likeness (QED) is 0.857. The third-order valence-corrected chi connectivity index (χ3v) is 3.29. The number of aliphatic hydroxyl groups is 1. The van der Waals surface area contributed by atoms with Gasteiger partial charge in [-0.2, -0.15) is 0 Å². The molecule has 2 atom stereocenters. The number of benzene rings is 2. The van der Waals surface area contributed by atoms with Gasteiger partial charge in [0.25, 0.3) is 0 Å². The fourth-order valence-electron chi connectivity index (χ4n) is 2.03. The molecule has 2 aromatic rings. The van der Waals surface area contributed by atoms with E-state index in [1.165, 1.54) is 0 Å². The van der Waals surface area contributed by atoms with Crippen LogP contribution in [-0.4, -0.2) is 18.8 Å². The molecule has 0 spiro atoms. The van der Waals surface area contributed by atoms with Crippen LogP contribution >= 0.6 is 0 Å². The lowest BCUT2D eigenvalue weighted by Crippen LogP contribution is -2.10. The second-order valence-corrected chi connectivity index (χ2v) is 4.94. The van der Waals surface area contributed by atoms with E-state index >= 15 is 0 Å². The molecule has 112 valence electrons. The van der Waals surface area contributed by atoms with Crippen LogP contribution in [0.1, 0.15) is 30.2 Å². The summed E-state index contributed by atoms with van der Waals surface area (Å²) in [7, 11) is 1.58. The number of ether oxygens (including phenoxy) is 2. The van der Waals surface area contributed by atoms with E-state index in [-0.39, 0.29) is 12.6 Å². The van der Waals surface area contributed by atoms with Crippen LogP contribution in [0.15, 0.2) is 48.5 Å². The lowest BCUT2D eigenvalue weighted by Gasteiger charge is -2.16. The normalized spacial score (nSPS) is 13.5. The lowest BCUT2D eigenvalue weighted by atomic mass is 10.1. The van der Waals surface area contributed by atoms with Gasteiger partial charge in [-0.05, 0) is 30.2 Å². The van der Waals surface area contributed by atoms with Gasteiger partial charge in [-0.1, -0.05) is 36.4 Å². The fourth-order valence-corrected chi connectivity index (χ4v) is 2.03. The Hall–Kier alpha value is -2.04. The van der Waals surface area contributed by atoms with E-state index in [2.05, 4.69) is 0 Å². The topological polar surface area (TPSA) is 64.7 Å². The molecule has 21 heavy (non-hydrogen) atoms. The molecule has 0 aliphatic heterocycles. The van der Waals surface area contributed by atoms with Crippen molar-refractivity contribution in [3.63, 3.8) is 0 Å².